The molecule has 4 fully saturated rings. The van der Waals surface area contributed by atoms with Crippen LogP contribution in [0.15, 0.2) is 24.3 Å². The van der Waals surface area contributed by atoms with Crippen molar-refractivity contribution in [2.45, 2.75) is 97.7 Å². The largest absolute Gasteiger partial charge is 0.504 e. The number of nitrogens with zero attached hydrogens (tertiary/aromatic N) is 1. The van der Waals surface area contributed by atoms with Crippen LogP contribution in [0.4, 0.5) is 0 Å². The summed E-state index contributed by atoms with van der Waals surface area (Å²) in [4.78, 5) is 27.2. The lowest BCUT2D eigenvalue weighted by Gasteiger charge is -2.61. The fraction of sp³-hybridized carbons (Fsp3) is 0.576. The Kier molecular flexibility index (Phi) is 4.94. The lowest BCUT2D eigenvalue weighted by atomic mass is 9.49. The predicted molar refractivity (Wildman–Crippen MR) is 152 cm³/mol. The van der Waals surface area contributed by atoms with Gasteiger partial charge in [-0.2, -0.15) is 0 Å². The van der Waals surface area contributed by atoms with Crippen LogP contribution in [0.5, 0.6) is 23.0 Å². The molecule has 0 aromatic heterocycles. The van der Waals surface area contributed by atoms with E-state index in [0.29, 0.717) is 56.4 Å². The summed E-state index contributed by atoms with van der Waals surface area (Å²) in [6.07, 6.45) is 3.14. The summed E-state index contributed by atoms with van der Waals surface area (Å²) in [6, 6.07) is 7.06. The van der Waals surface area contributed by atoms with Crippen molar-refractivity contribution in [3.05, 3.63) is 46.5 Å². The third-order valence-electron chi connectivity index (χ3n) is 12.6. The Balaban J connectivity index is 0.000000121. The minimum absolute atomic E-state index is 0.00319. The maximum Gasteiger partial charge on any atom is 0.174 e. The van der Waals surface area contributed by atoms with Gasteiger partial charge in [0.05, 0.1) is 22.0 Å². The Morgan fingerprint density at radius 2 is 1.35 bits per heavy atom. The molecule has 0 amide bonds. The number of carbonyl (C=O) groups is 2. The van der Waals surface area contributed by atoms with Crippen molar-refractivity contribution in [3.8, 4) is 23.0 Å². The highest BCUT2D eigenvalue weighted by molar-refractivity contribution is 5.91. The van der Waals surface area contributed by atoms with Gasteiger partial charge >= 0.3 is 0 Å². The fourth-order valence-corrected chi connectivity index (χ4v) is 10.8. The highest BCUT2D eigenvalue weighted by Gasteiger charge is 2.73. The van der Waals surface area contributed by atoms with Gasteiger partial charge in [0, 0.05) is 36.1 Å². The van der Waals surface area contributed by atoms with Crippen molar-refractivity contribution in [2.24, 2.45) is 0 Å². The lowest BCUT2D eigenvalue weighted by molar-refractivity contribution is -0.185. The van der Waals surface area contributed by atoms with Crippen LogP contribution >= 0.6 is 0 Å². The number of hydrogen-bond donors (Lipinski definition) is 5. The third kappa shape index (κ3) is 2.77. The van der Waals surface area contributed by atoms with Crippen LogP contribution in [0.3, 0.4) is 0 Å². The Hall–Kier alpha value is -3.18. The first-order chi connectivity index (χ1) is 20.6. The summed E-state index contributed by atoms with van der Waals surface area (Å²) < 4.78 is 11.8. The fourth-order valence-electron chi connectivity index (χ4n) is 10.8. The first-order valence-electron chi connectivity index (χ1n) is 15.5. The second-order valence-electron chi connectivity index (χ2n) is 14.0. The molecule has 2 aromatic rings. The molecule has 8 atom stereocenters. The van der Waals surface area contributed by atoms with Crippen LogP contribution in [0.25, 0.3) is 0 Å². The van der Waals surface area contributed by atoms with Crippen LogP contribution in [0.1, 0.15) is 60.8 Å². The summed E-state index contributed by atoms with van der Waals surface area (Å²) in [6.45, 7) is 1.59. The molecule has 10 rings (SSSR count). The Bertz CT molecular complexity index is 1640. The van der Waals surface area contributed by atoms with Crippen molar-refractivity contribution in [1.29, 1.82) is 0 Å². The Morgan fingerprint density at radius 3 is 1.98 bits per heavy atom. The molecular formula is C33H36N2O8. The van der Waals surface area contributed by atoms with E-state index in [2.05, 4.69) is 10.2 Å². The van der Waals surface area contributed by atoms with E-state index in [1.54, 1.807) is 12.1 Å². The molecule has 43 heavy (non-hydrogen) atoms. The zero-order chi connectivity index (χ0) is 29.7. The van der Waals surface area contributed by atoms with Gasteiger partial charge in [-0.05, 0) is 81.9 Å². The summed E-state index contributed by atoms with van der Waals surface area (Å²) in [7, 11) is 2.04. The van der Waals surface area contributed by atoms with E-state index in [4.69, 9.17) is 9.47 Å². The van der Waals surface area contributed by atoms with Gasteiger partial charge in [0.1, 0.15) is 0 Å². The molecule has 2 saturated carbocycles. The molecule has 10 heteroatoms. The van der Waals surface area contributed by atoms with E-state index in [9.17, 15) is 30.0 Å². The van der Waals surface area contributed by atoms with Crippen molar-refractivity contribution in [1.82, 2.24) is 10.2 Å². The number of nitrogens with one attached hydrogen (secondary N) is 1. The minimum atomic E-state index is -0.962. The maximum atomic E-state index is 12.5. The van der Waals surface area contributed by atoms with Gasteiger partial charge in [-0.25, -0.2) is 0 Å². The number of phenolic OH excluding ortho intramolecular Hbond substituents is 2. The van der Waals surface area contributed by atoms with Gasteiger partial charge in [-0.1, -0.05) is 12.1 Å². The number of likely N-dealkylation sites (tertiary alicyclic amines) is 1. The number of aromatic hydroxyl groups is 2. The second-order valence-corrected chi connectivity index (χ2v) is 14.0. The average molecular weight is 589 g/mol. The van der Waals surface area contributed by atoms with Gasteiger partial charge in [0.25, 0.3) is 0 Å². The molecule has 4 heterocycles. The number of ketones is 2. The van der Waals surface area contributed by atoms with Gasteiger partial charge in [0.15, 0.2) is 46.8 Å². The smallest absolute Gasteiger partial charge is 0.174 e. The summed E-state index contributed by atoms with van der Waals surface area (Å²) >= 11 is 0. The van der Waals surface area contributed by atoms with E-state index >= 15 is 0 Å². The van der Waals surface area contributed by atoms with Crippen LogP contribution in [-0.4, -0.2) is 92.5 Å². The summed E-state index contributed by atoms with van der Waals surface area (Å²) in [5, 5.41) is 46.8. The van der Waals surface area contributed by atoms with E-state index in [-0.39, 0.29) is 35.1 Å². The van der Waals surface area contributed by atoms with Crippen molar-refractivity contribution >= 4 is 11.6 Å². The highest BCUT2D eigenvalue weighted by atomic mass is 16.5. The standard InChI is InChI=1S/C17H19NO4.C16H17NO4/c1-18-7-6-16-13-9-2-3-10(19)14(13)22-15(16)11(20)4-5-17(16,21)12(18)8-9;18-9-2-1-8-7-11-16(20)4-3-10(19)14-15(16,5-6-17-11)12(8)13(9)21-14/h2-3,12,15,19,21H,4-8H2,1H3;1-2,11,14,17-18,20H,3-7H2/t12-,15+,16+,17-;11-,14+,15+,16-/m11/s1. The number of ether oxygens (including phenoxy) is 2. The number of phenols is 2. The monoisotopic (exact) mass is 588 g/mol. The molecular weight excluding hydrogens is 552 g/mol. The normalized spacial score (nSPS) is 42.2. The second kappa shape index (κ2) is 8.10. The van der Waals surface area contributed by atoms with Crippen molar-refractivity contribution in [2.75, 3.05) is 20.1 Å². The number of hydrogen-bond acceptors (Lipinski definition) is 10. The molecule has 0 radical (unpaired) electrons. The molecule has 0 unspecified atom stereocenters. The van der Waals surface area contributed by atoms with Gasteiger partial charge in [0.2, 0.25) is 0 Å². The van der Waals surface area contributed by atoms with Crippen molar-refractivity contribution in [3.63, 3.8) is 0 Å². The molecule has 5 N–H and O–H groups in total. The number of carbonyl (C=O) groups excluding carboxylic acids is 2. The van der Waals surface area contributed by atoms with Crippen LogP contribution in [0.2, 0.25) is 0 Å². The minimum Gasteiger partial charge on any atom is -0.504 e. The van der Waals surface area contributed by atoms with E-state index < -0.39 is 34.2 Å². The topological polar surface area (TPSA) is 149 Å². The van der Waals surface area contributed by atoms with Crippen LogP contribution in [0, 0.1) is 0 Å². The maximum absolute atomic E-state index is 12.5. The zero-order valence-corrected chi connectivity index (χ0v) is 24.1. The number of piperidine rings is 2. The van der Waals surface area contributed by atoms with Gasteiger partial charge in [-0.3, -0.25) is 9.59 Å². The molecule has 10 nitrogen and oxygen atoms in total. The zero-order valence-electron chi connectivity index (χ0n) is 24.1. The number of Topliss-reactive ketones (excluding diaryl/α,β-unsaturated/α-hetero) is 2. The third-order valence-corrected chi connectivity index (χ3v) is 12.6. The first-order valence-corrected chi connectivity index (χ1v) is 15.5. The van der Waals surface area contributed by atoms with Crippen LogP contribution in [-0.2, 0) is 33.3 Å². The number of aliphatic hydroxyl groups is 2. The molecule has 2 spiro atoms. The van der Waals surface area contributed by atoms with Crippen LogP contribution < -0.4 is 14.8 Å². The highest BCUT2D eigenvalue weighted by Crippen LogP contribution is 2.65. The van der Waals surface area contributed by atoms with Gasteiger partial charge in [-0.15, -0.1) is 0 Å². The SMILES string of the molecule is CN1CC[C@]23c4c5ccc(O)c4O[C@H]2C(=O)CC[C@@]3(O)[C@H]1C5.O=C1CC[C@@]2(O)[C@H]3Cc4ccc(O)c5c4[C@@]2(CCN3)[C@H]1O5. The quantitative estimate of drug-likeness (QED) is 0.304. The Morgan fingerprint density at radius 1 is 0.791 bits per heavy atom. The van der Waals surface area contributed by atoms with Gasteiger partial charge < -0.3 is 40.1 Å². The number of likely N-dealkylation sites (N-methyl/N-ethyl adjacent to an activating group) is 1. The van der Waals surface area contributed by atoms with E-state index in [1.807, 2.05) is 19.2 Å². The molecule has 2 aromatic carbocycles. The Labute approximate surface area is 248 Å². The lowest BCUT2D eigenvalue weighted by Crippen LogP contribution is -2.76. The molecule has 4 aliphatic carbocycles. The molecule has 2 saturated heterocycles. The number of rotatable bonds is 0. The van der Waals surface area contributed by atoms with Crippen molar-refractivity contribution < 1.29 is 39.5 Å². The number of benzene rings is 2. The summed E-state index contributed by atoms with van der Waals surface area (Å²) in [5.74, 6) is 1.10. The molecule has 4 aliphatic heterocycles. The molecule has 8 aliphatic rings. The van der Waals surface area contributed by atoms with E-state index in [1.165, 1.54) is 0 Å². The molecule has 4 bridgehead atoms. The first kappa shape index (κ1) is 26.2. The predicted octanol–water partition coefficient (Wildman–Crippen LogP) is 1.15. The molecule has 226 valence electrons. The van der Waals surface area contributed by atoms with E-state index in [0.717, 1.165) is 41.8 Å². The average Bonchev–Trinajstić information content (AvgIpc) is 3.52. The summed E-state index contributed by atoms with van der Waals surface area (Å²) in [5.41, 5.74) is 0.702.